The Kier molecular flexibility index (Phi) is 11.8. The van der Waals surface area contributed by atoms with Crippen molar-refractivity contribution in [3.63, 3.8) is 0 Å². The lowest BCUT2D eigenvalue weighted by atomic mass is 10.1. The third kappa shape index (κ3) is 8.60. The van der Waals surface area contributed by atoms with E-state index in [4.69, 9.17) is 29.7 Å². The Morgan fingerprint density at radius 3 is 2.00 bits per heavy atom. The van der Waals surface area contributed by atoms with Gasteiger partial charge in [-0.05, 0) is 71.1 Å². The molecule has 4 aliphatic rings. The summed E-state index contributed by atoms with van der Waals surface area (Å²) in [5, 5.41) is 11.1. The molecule has 0 fully saturated rings. The standard InChI is InChI=1S/C48H46N8O9/c1-62-40-16-34-36(50-21-32-14-29-7-3-5-9-38(29)55(32)47(34)60)18-42(40)64-25-27-11-28(13-31(12-27)54-46(59)24-53-45(58)23-52-44(57)20-49)26-65-43-19-37-35(17-41(43)63-2)48(61)56-33(22-51-37)15-30-8-4-6-10-39(30)56/h3-13,16-19,21,32-33,51H,14-15,20,22-26,49H2,1-2H3,(H,52,57)(H,53,58)(H,54,59)/t32-,33-/m0/s1. The maximum Gasteiger partial charge on any atom is 0.261 e. The van der Waals surface area contributed by atoms with E-state index in [2.05, 4.69) is 21.3 Å². The van der Waals surface area contributed by atoms with Gasteiger partial charge in [-0.25, -0.2) is 0 Å². The molecule has 17 nitrogen and oxygen atoms in total. The van der Waals surface area contributed by atoms with Crippen LogP contribution in [0.15, 0.2) is 96.0 Å². The first-order valence-corrected chi connectivity index (χ1v) is 21.1. The highest BCUT2D eigenvalue weighted by molar-refractivity contribution is 6.15. The molecule has 332 valence electrons. The summed E-state index contributed by atoms with van der Waals surface area (Å²) < 4.78 is 24.2. The SMILES string of the molecule is COc1cc2c(cc1OCc1cc(COc3cc4c(cc3OC)C(=O)N3c5ccccc5C[C@H]3CN4)cc(NC(=O)CNC(=O)CNC(=O)CN)c1)N=C[C@@H]1Cc3ccccc3N1C2=O. The van der Waals surface area contributed by atoms with Crippen molar-refractivity contribution in [2.24, 2.45) is 10.7 Å². The molecule has 0 radical (unpaired) electrons. The molecule has 6 N–H and O–H groups in total. The van der Waals surface area contributed by atoms with Crippen LogP contribution in [-0.4, -0.2) is 88.2 Å². The number of nitrogens with two attached hydrogens (primary N) is 1. The van der Waals surface area contributed by atoms with Gasteiger partial charge < -0.3 is 50.8 Å². The number of rotatable bonds is 14. The van der Waals surface area contributed by atoms with Crippen molar-refractivity contribution in [1.82, 2.24) is 10.6 Å². The number of ether oxygens (including phenoxy) is 4. The first kappa shape index (κ1) is 42.4. The summed E-state index contributed by atoms with van der Waals surface area (Å²) >= 11 is 0. The van der Waals surface area contributed by atoms with Crippen LogP contribution in [0.4, 0.5) is 28.4 Å². The topological polar surface area (TPSA) is 215 Å². The second kappa shape index (κ2) is 18.1. The number of nitrogens with zero attached hydrogens (tertiary/aromatic N) is 3. The van der Waals surface area contributed by atoms with Gasteiger partial charge in [0.25, 0.3) is 11.8 Å². The van der Waals surface area contributed by atoms with E-state index in [-0.39, 0.29) is 56.7 Å². The Bertz CT molecular complexity index is 2780. The van der Waals surface area contributed by atoms with Crippen molar-refractivity contribution in [1.29, 1.82) is 0 Å². The number of amides is 5. The van der Waals surface area contributed by atoms with E-state index < -0.39 is 17.7 Å². The molecule has 2 atom stereocenters. The van der Waals surface area contributed by atoms with Crippen LogP contribution in [-0.2, 0) is 40.4 Å². The number of hydrogen-bond acceptors (Lipinski definition) is 12. The van der Waals surface area contributed by atoms with Crippen LogP contribution in [0.2, 0.25) is 0 Å². The monoisotopic (exact) mass is 878 g/mol. The summed E-state index contributed by atoms with van der Waals surface area (Å²) in [5.41, 5.74) is 12.8. The molecule has 0 saturated heterocycles. The first-order valence-electron chi connectivity index (χ1n) is 21.1. The maximum atomic E-state index is 14.0. The highest BCUT2D eigenvalue weighted by Crippen LogP contribution is 2.43. The smallest absolute Gasteiger partial charge is 0.261 e. The Morgan fingerprint density at radius 1 is 0.708 bits per heavy atom. The van der Waals surface area contributed by atoms with Crippen LogP contribution in [0.5, 0.6) is 23.0 Å². The Hall–Kier alpha value is -7.92. The molecule has 0 spiro atoms. The minimum absolute atomic E-state index is 0.00177. The zero-order chi connectivity index (χ0) is 45.2. The Morgan fingerprint density at radius 2 is 1.31 bits per heavy atom. The largest absolute Gasteiger partial charge is 0.493 e. The molecule has 0 unspecified atom stereocenters. The fourth-order valence-corrected chi connectivity index (χ4v) is 8.62. The molecule has 5 aromatic carbocycles. The minimum atomic E-state index is -0.569. The number of hydrogen-bond donors (Lipinski definition) is 5. The first-order chi connectivity index (χ1) is 31.6. The zero-order valence-corrected chi connectivity index (χ0v) is 35.6. The van der Waals surface area contributed by atoms with Gasteiger partial charge in [0, 0.05) is 48.4 Å². The fraction of sp³-hybridized carbons (Fsp3) is 0.250. The number of carbonyl (C=O) groups is 5. The molecular formula is C48H46N8O9. The highest BCUT2D eigenvalue weighted by atomic mass is 16.5. The quantitative estimate of drug-likeness (QED) is 0.106. The molecule has 65 heavy (non-hydrogen) atoms. The number of fused-ring (bicyclic) bond motifs is 8. The van der Waals surface area contributed by atoms with Gasteiger partial charge in [-0.1, -0.05) is 36.4 Å². The van der Waals surface area contributed by atoms with Crippen LogP contribution >= 0.6 is 0 Å². The van der Waals surface area contributed by atoms with E-state index in [0.29, 0.717) is 75.3 Å². The Labute approximate surface area is 373 Å². The zero-order valence-electron chi connectivity index (χ0n) is 35.6. The van der Waals surface area contributed by atoms with Gasteiger partial charge >= 0.3 is 0 Å². The van der Waals surface area contributed by atoms with E-state index in [1.165, 1.54) is 14.2 Å². The van der Waals surface area contributed by atoms with Crippen molar-refractivity contribution >= 4 is 64.2 Å². The number of carbonyl (C=O) groups excluding carboxylic acids is 5. The normalized spacial score (nSPS) is 16.3. The third-order valence-corrected chi connectivity index (χ3v) is 11.7. The van der Waals surface area contributed by atoms with Crippen molar-refractivity contribution < 1.29 is 42.9 Å². The van der Waals surface area contributed by atoms with Crippen LogP contribution < -0.4 is 55.7 Å². The molecule has 5 aromatic rings. The molecule has 4 aliphatic heterocycles. The summed E-state index contributed by atoms with van der Waals surface area (Å²) in [7, 11) is 3.00. The summed E-state index contributed by atoms with van der Waals surface area (Å²) in [6.07, 6.45) is 3.18. The van der Waals surface area contributed by atoms with Crippen LogP contribution in [0.3, 0.4) is 0 Å². The number of para-hydroxylation sites is 2. The van der Waals surface area contributed by atoms with Crippen molar-refractivity contribution in [2.45, 2.75) is 38.1 Å². The lowest BCUT2D eigenvalue weighted by Gasteiger charge is -2.22. The van der Waals surface area contributed by atoms with E-state index in [0.717, 1.165) is 28.9 Å². The highest BCUT2D eigenvalue weighted by Gasteiger charge is 2.39. The second-order valence-corrected chi connectivity index (χ2v) is 15.9. The van der Waals surface area contributed by atoms with Gasteiger partial charge in [0.05, 0.1) is 68.4 Å². The van der Waals surface area contributed by atoms with Crippen LogP contribution in [0.1, 0.15) is 43.0 Å². The summed E-state index contributed by atoms with van der Waals surface area (Å²) in [4.78, 5) is 73.2. The van der Waals surface area contributed by atoms with Crippen LogP contribution in [0, 0.1) is 0 Å². The van der Waals surface area contributed by atoms with Crippen molar-refractivity contribution in [2.75, 3.05) is 60.8 Å². The van der Waals surface area contributed by atoms with Crippen molar-refractivity contribution in [3.05, 3.63) is 124 Å². The molecule has 5 amide bonds. The van der Waals surface area contributed by atoms with E-state index in [1.807, 2.05) is 59.5 Å². The van der Waals surface area contributed by atoms with Gasteiger partial charge in [0.1, 0.15) is 13.2 Å². The molecular weight excluding hydrogens is 833 g/mol. The molecule has 4 heterocycles. The lowest BCUT2D eigenvalue weighted by molar-refractivity contribution is -0.126. The predicted octanol–water partition coefficient (Wildman–Crippen LogP) is 4.28. The van der Waals surface area contributed by atoms with Gasteiger partial charge in [0.15, 0.2) is 23.0 Å². The molecule has 0 bridgehead atoms. The average Bonchev–Trinajstić information content (AvgIpc) is 3.81. The number of nitrogens with one attached hydrogen (secondary N) is 4. The lowest BCUT2D eigenvalue weighted by Crippen LogP contribution is -2.41. The Balaban J connectivity index is 0.955. The molecule has 0 aliphatic carbocycles. The van der Waals surface area contributed by atoms with Crippen molar-refractivity contribution in [3.8, 4) is 23.0 Å². The number of anilines is 4. The summed E-state index contributed by atoms with van der Waals surface area (Å²) in [5.74, 6) is -0.511. The molecule has 17 heteroatoms. The van der Waals surface area contributed by atoms with Gasteiger partial charge in [-0.15, -0.1) is 0 Å². The summed E-state index contributed by atoms with van der Waals surface area (Å²) in [6, 6.07) is 27.5. The second-order valence-electron chi connectivity index (χ2n) is 15.9. The van der Waals surface area contributed by atoms with E-state index >= 15 is 0 Å². The maximum absolute atomic E-state index is 14.0. The summed E-state index contributed by atoms with van der Waals surface area (Å²) in [6.45, 7) is -0.429. The number of benzene rings is 5. The molecule has 0 aromatic heterocycles. The van der Waals surface area contributed by atoms with Gasteiger partial charge in [0.2, 0.25) is 17.7 Å². The number of methoxy groups -OCH3 is 2. The average molecular weight is 879 g/mol. The van der Waals surface area contributed by atoms with Gasteiger partial charge in [-0.2, -0.15) is 0 Å². The number of aliphatic imine (C=N–C) groups is 1. The predicted molar refractivity (Wildman–Crippen MR) is 243 cm³/mol. The molecule has 0 saturated carbocycles. The van der Waals surface area contributed by atoms with E-state index in [1.54, 1.807) is 47.5 Å². The van der Waals surface area contributed by atoms with E-state index in [9.17, 15) is 24.0 Å². The fourth-order valence-electron chi connectivity index (χ4n) is 8.62. The van der Waals surface area contributed by atoms with Crippen LogP contribution in [0.25, 0.3) is 0 Å². The molecule has 9 rings (SSSR count). The third-order valence-electron chi connectivity index (χ3n) is 11.7. The minimum Gasteiger partial charge on any atom is -0.493 e. The van der Waals surface area contributed by atoms with Gasteiger partial charge in [-0.3, -0.25) is 33.9 Å².